The van der Waals surface area contributed by atoms with Gasteiger partial charge in [-0.25, -0.2) is 9.67 Å². The second-order valence-corrected chi connectivity index (χ2v) is 7.42. The monoisotopic (exact) mass is 400 g/mol. The average Bonchev–Trinajstić information content (AvgIpc) is 3.09. The van der Waals surface area contributed by atoms with E-state index in [4.69, 9.17) is 21.1 Å². The van der Waals surface area contributed by atoms with Gasteiger partial charge in [0.1, 0.15) is 13.2 Å². The van der Waals surface area contributed by atoms with Crippen molar-refractivity contribution >= 4 is 28.5 Å². The summed E-state index contributed by atoms with van der Waals surface area (Å²) in [6.45, 7) is 7.20. The van der Waals surface area contributed by atoms with Crippen LogP contribution in [0.4, 0.5) is 0 Å². The van der Waals surface area contributed by atoms with Gasteiger partial charge in [0, 0.05) is 18.3 Å². The van der Waals surface area contributed by atoms with Crippen LogP contribution in [0.3, 0.4) is 0 Å². The Morgan fingerprint density at radius 1 is 1.29 bits per heavy atom. The molecular formula is C20H21ClN4O3. The lowest BCUT2D eigenvalue weighted by molar-refractivity contribution is 0.0952. The van der Waals surface area contributed by atoms with Gasteiger partial charge in [0.25, 0.3) is 5.91 Å². The molecule has 0 unspecified atom stereocenters. The Morgan fingerprint density at radius 2 is 2.07 bits per heavy atom. The zero-order valence-electron chi connectivity index (χ0n) is 16.0. The molecule has 7 nitrogen and oxygen atoms in total. The first-order valence-electron chi connectivity index (χ1n) is 9.15. The Labute approximate surface area is 167 Å². The van der Waals surface area contributed by atoms with E-state index in [2.05, 4.69) is 15.4 Å². The Hall–Kier alpha value is -2.80. The van der Waals surface area contributed by atoms with Crippen LogP contribution < -0.4 is 14.8 Å². The summed E-state index contributed by atoms with van der Waals surface area (Å²) >= 11 is 6.27. The average molecular weight is 401 g/mol. The number of ether oxygens (including phenoxy) is 2. The molecular weight excluding hydrogens is 380 g/mol. The van der Waals surface area contributed by atoms with Gasteiger partial charge < -0.3 is 14.8 Å². The van der Waals surface area contributed by atoms with E-state index in [0.717, 1.165) is 16.6 Å². The number of carbonyl (C=O) groups is 1. The second-order valence-electron chi connectivity index (χ2n) is 7.02. The molecule has 0 spiro atoms. The van der Waals surface area contributed by atoms with Crippen molar-refractivity contribution in [3.05, 3.63) is 46.2 Å². The molecule has 28 heavy (non-hydrogen) atoms. The molecule has 0 saturated heterocycles. The van der Waals surface area contributed by atoms with Crippen LogP contribution in [-0.2, 0) is 6.54 Å². The largest absolute Gasteiger partial charge is 0.486 e. The predicted octanol–water partition coefficient (Wildman–Crippen LogP) is 3.68. The molecule has 0 atom stereocenters. The van der Waals surface area contributed by atoms with Crippen molar-refractivity contribution in [2.45, 2.75) is 33.4 Å². The normalized spacial score (nSPS) is 13.2. The number of hydrogen-bond acceptors (Lipinski definition) is 5. The Morgan fingerprint density at radius 3 is 2.86 bits per heavy atom. The molecule has 1 aromatic carbocycles. The third-order valence-corrected chi connectivity index (χ3v) is 4.82. The maximum absolute atomic E-state index is 12.9. The van der Waals surface area contributed by atoms with Crippen LogP contribution in [0.1, 0.15) is 41.5 Å². The molecule has 8 heteroatoms. The number of halogens is 1. The number of carbonyl (C=O) groups excluding carboxylic acids is 1. The van der Waals surface area contributed by atoms with E-state index in [-0.39, 0.29) is 11.9 Å². The molecule has 4 rings (SSSR count). The quantitative estimate of drug-likeness (QED) is 0.722. The third kappa shape index (κ3) is 3.38. The highest BCUT2D eigenvalue weighted by molar-refractivity contribution is 6.32. The lowest BCUT2D eigenvalue weighted by atomic mass is 10.1. The van der Waals surface area contributed by atoms with Crippen LogP contribution in [0, 0.1) is 6.92 Å². The van der Waals surface area contributed by atoms with Gasteiger partial charge in [-0.1, -0.05) is 11.6 Å². The first-order chi connectivity index (χ1) is 13.4. The number of nitrogens with one attached hydrogen (secondary N) is 1. The lowest BCUT2D eigenvalue weighted by Gasteiger charge is -2.20. The van der Waals surface area contributed by atoms with Crippen molar-refractivity contribution in [2.75, 3.05) is 13.2 Å². The third-order valence-electron chi connectivity index (χ3n) is 4.54. The maximum atomic E-state index is 12.9. The second kappa shape index (κ2) is 7.31. The highest BCUT2D eigenvalue weighted by Gasteiger charge is 2.19. The van der Waals surface area contributed by atoms with Gasteiger partial charge in [0.05, 0.1) is 22.2 Å². The Bertz CT molecular complexity index is 1060. The zero-order valence-corrected chi connectivity index (χ0v) is 16.7. The fourth-order valence-electron chi connectivity index (χ4n) is 3.25. The number of hydrogen-bond donors (Lipinski definition) is 1. The Balaban J connectivity index is 1.59. The molecule has 0 bridgehead atoms. The summed E-state index contributed by atoms with van der Waals surface area (Å²) in [5, 5.41) is 8.54. The van der Waals surface area contributed by atoms with Crippen molar-refractivity contribution in [3.63, 3.8) is 0 Å². The van der Waals surface area contributed by atoms with Crippen LogP contribution in [0.5, 0.6) is 11.5 Å². The summed E-state index contributed by atoms with van der Waals surface area (Å²) in [5.41, 5.74) is 2.87. The van der Waals surface area contributed by atoms with Crippen LogP contribution in [0.2, 0.25) is 5.02 Å². The number of pyridine rings is 1. The summed E-state index contributed by atoms with van der Waals surface area (Å²) in [6, 6.07) is 5.55. The van der Waals surface area contributed by atoms with E-state index >= 15 is 0 Å². The summed E-state index contributed by atoms with van der Waals surface area (Å²) < 4.78 is 12.9. The highest BCUT2D eigenvalue weighted by atomic mass is 35.5. The number of benzene rings is 1. The molecule has 0 saturated carbocycles. The maximum Gasteiger partial charge on any atom is 0.252 e. The summed E-state index contributed by atoms with van der Waals surface area (Å²) in [6.07, 6.45) is 1.69. The zero-order chi connectivity index (χ0) is 19.8. The summed E-state index contributed by atoms with van der Waals surface area (Å²) in [7, 11) is 0. The van der Waals surface area contributed by atoms with Crippen molar-refractivity contribution in [3.8, 4) is 11.5 Å². The van der Waals surface area contributed by atoms with Crippen LogP contribution in [-0.4, -0.2) is 33.9 Å². The molecule has 3 aromatic rings. The van der Waals surface area contributed by atoms with E-state index in [0.29, 0.717) is 47.5 Å². The minimum Gasteiger partial charge on any atom is -0.486 e. The van der Waals surface area contributed by atoms with Gasteiger partial charge in [-0.3, -0.25) is 4.79 Å². The van der Waals surface area contributed by atoms with E-state index in [1.54, 1.807) is 18.3 Å². The van der Waals surface area contributed by atoms with Gasteiger partial charge in [0.2, 0.25) is 0 Å². The fourth-order valence-corrected chi connectivity index (χ4v) is 3.54. The molecule has 3 heterocycles. The van der Waals surface area contributed by atoms with E-state index < -0.39 is 0 Å². The highest BCUT2D eigenvalue weighted by Crippen LogP contribution is 2.38. The number of aryl methyl sites for hydroxylation is 1. The molecule has 1 N–H and O–H groups in total. The van der Waals surface area contributed by atoms with Crippen molar-refractivity contribution < 1.29 is 14.3 Å². The SMILES string of the molecule is Cc1cc(C(=O)NCc2cc(Cl)c3c(c2)OCCO3)c2cnn(C(C)C)c2n1. The molecule has 0 fully saturated rings. The van der Waals surface area contributed by atoms with Crippen molar-refractivity contribution in [1.29, 1.82) is 0 Å². The number of nitrogens with zero attached hydrogens (tertiary/aromatic N) is 3. The van der Waals surface area contributed by atoms with E-state index in [9.17, 15) is 4.79 Å². The van der Waals surface area contributed by atoms with E-state index in [1.165, 1.54) is 0 Å². The van der Waals surface area contributed by atoms with Gasteiger partial charge in [-0.15, -0.1) is 0 Å². The number of aromatic nitrogens is 3. The van der Waals surface area contributed by atoms with Gasteiger partial charge >= 0.3 is 0 Å². The van der Waals surface area contributed by atoms with Crippen molar-refractivity contribution in [2.24, 2.45) is 0 Å². The fraction of sp³-hybridized carbons (Fsp3) is 0.350. The molecule has 146 valence electrons. The Kier molecular flexibility index (Phi) is 4.85. The molecule has 1 aliphatic heterocycles. The molecule has 2 aromatic heterocycles. The smallest absolute Gasteiger partial charge is 0.252 e. The van der Waals surface area contributed by atoms with Gasteiger partial charge in [0.15, 0.2) is 17.1 Å². The number of amides is 1. The topological polar surface area (TPSA) is 78.3 Å². The predicted molar refractivity (Wildman–Crippen MR) is 106 cm³/mol. The molecule has 0 radical (unpaired) electrons. The standard InChI is InChI=1S/C20H21ClN4O3/c1-11(2)25-19-15(10-23-25)14(6-12(3)24-19)20(26)22-9-13-7-16(21)18-17(8-13)27-4-5-28-18/h6-8,10-11H,4-5,9H2,1-3H3,(H,22,26). The first kappa shape index (κ1) is 18.6. The molecule has 1 amide bonds. The minimum absolute atomic E-state index is 0.155. The number of fused-ring (bicyclic) bond motifs is 2. The van der Waals surface area contributed by atoms with Gasteiger partial charge in [-0.2, -0.15) is 5.10 Å². The van der Waals surface area contributed by atoms with Gasteiger partial charge in [-0.05, 0) is 44.5 Å². The van der Waals surface area contributed by atoms with Crippen LogP contribution in [0.25, 0.3) is 11.0 Å². The van der Waals surface area contributed by atoms with Crippen LogP contribution >= 0.6 is 11.6 Å². The van der Waals surface area contributed by atoms with Crippen molar-refractivity contribution in [1.82, 2.24) is 20.1 Å². The lowest BCUT2D eigenvalue weighted by Crippen LogP contribution is -2.23. The first-order valence-corrected chi connectivity index (χ1v) is 9.53. The summed E-state index contributed by atoms with van der Waals surface area (Å²) in [4.78, 5) is 17.4. The van der Waals surface area contributed by atoms with Crippen LogP contribution in [0.15, 0.2) is 24.4 Å². The summed E-state index contributed by atoms with van der Waals surface area (Å²) in [5.74, 6) is 0.962. The molecule has 1 aliphatic rings. The minimum atomic E-state index is -0.190. The molecule has 0 aliphatic carbocycles. The number of rotatable bonds is 4. The van der Waals surface area contributed by atoms with E-state index in [1.807, 2.05) is 31.5 Å².